The number of ether oxygens (including phenoxy) is 1. The van der Waals surface area contributed by atoms with Crippen LogP contribution in [0, 0.1) is 10.1 Å². The van der Waals surface area contributed by atoms with Gasteiger partial charge >= 0.3 is 0 Å². The lowest BCUT2D eigenvalue weighted by molar-refractivity contribution is -0.384. The van der Waals surface area contributed by atoms with E-state index in [0.717, 1.165) is 25.7 Å². The molecule has 0 radical (unpaired) electrons. The Labute approximate surface area is 167 Å². The normalized spacial score (nSPS) is 13.9. The van der Waals surface area contributed by atoms with Gasteiger partial charge in [0.15, 0.2) is 0 Å². The largest absolute Gasteiger partial charge is 0.488 e. The van der Waals surface area contributed by atoms with E-state index in [4.69, 9.17) is 4.74 Å². The number of hydrogen-bond acceptors (Lipinski definition) is 5. The second-order valence-corrected chi connectivity index (χ2v) is 6.91. The molecule has 1 aliphatic carbocycles. The fourth-order valence-electron chi connectivity index (χ4n) is 3.48. The van der Waals surface area contributed by atoms with Crippen molar-refractivity contribution in [3.05, 3.63) is 76.9 Å². The zero-order chi connectivity index (χ0) is 20.2. The maximum Gasteiger partial charge on any atom is 0.294 e. The quantitative estimate of drug-likeness (QED) is 0.496. The molecule has 1 N–H and O–H groups in total. The molecule has 0 spiro atoms. The van der Waals surface area contributed by atoms with E-state index in [1.807, 2.05) is 18.2 Å². The van der Waals surface area contributed by atoms with Gasteiger partial charge < -0.3 is 14.6 Å². The molecule has 8 nitrogen and oxygen atoms in total. The Morgan fingerprint density at radius 1 is 1.21 bits per heavy atom. The molecule has 148 valence electrons. The fourth-order valence-corrected chi connectivity index (χ4v) is 3.48. The number of nitro groups is 1. The molecule has 1 heterocycles. The Bertz CT molecular complexity index is 1030. The summed E-state index contributed by atoms with van der Waals surface area (Å²) < 4.78 is 7.57. The molecule has 29 heavy (non-hydrogen) atoms. The van der Waals surface area contributed by atoms with Crippen molar-refractivity contribution in [2.24, 2.45) is 0 Å². The summed E-state index contributed by atoms with van der Waals surface area (Å²) in [7, 11) is 0. The van der Waals surface area contributed by atoms with Gasteiger partial charge in [0.1, 0.15) is 11.4 Å². The third-order valence-electron chi connectivity index (χ3n) is 4.95. The summed E-state index contributed by atoms with van der Waals surface area (Å²) in [6.07, 6.45) is 9.07. The van der Waals surface area contributed by atoms with Gasteiger partial charge in [0, 0.05) is 24.0 Å². The zero-order valence-corrected chi connectivity index (χ0v) is 15.7. The second kappa shape index (κ2) is 8.14. The maximum absolute atomic E-state index is 12.8. The number of carbonyl (C=O) groups is 1. The molecule has 0 aliphatic heterocycles. The van der Waals surface area contributed by atoms with Gasteiger partial charge in [-0.25, -0.2) is 4.98 Å². The Morgan fingerprint density at radius 3 is 2.72 bits per heavy atom. The number of anilines is 1. The molecule has 1 amide bonds. The molecule has 8 heteroatoms. The minimum Gasteiger partial charge on any atom is -0.488 e. The summed E-state index contributed by atoms with van der Waals surface area (Å²) in [6.45, 7) is 0. The summed E-state index contributed by atoms with van der Waals surface area (Å²) >= 11 is 0. The lowest BCUT2D eigenvalue weighted by atomic mass is 10.1. The minimum absolute atomic E-state index is 0.156. The van der Waals surface area contributed by atoms with Crippen LogP contribution in [0.5, 0.6) is 5.75 Å². The van der Waals surface area contributed by atoms with E-state index >= 15 is 0 Å². The van der Waals surface area contributed by atoms with Gasteiger partial charge in [-0.15, -0.1) is 0 Å². The molecule has 1 saturated carbocycles. The number of benzene rings is 2. The van der Waals surface area contributed by atoms with E-state index in [1.54, 1.807) is 18.3 Å². The first kappa shape index (κ1) is 18.7. The summed E-state index contributed by atoms with van der Waals surface area (Å²) in [4.78, 5) is 27.7. The number of para-hydroxylation sites is 2. The molecule has 3 aromatic rings. The van der Waals surface area contributed by atoms with Crippen LogP contribution < -0.4 is 10.1 Å². The van der Waals surface area contributed by atoms with Crippen molar-refractivity contribution in [1.82, 2.24) is 9.55 Å². The average molecular weight is 392 g/mol. The molecule has 0 unspecified atom stereocenters. The molecule has 1 aliphatic rings. The van der Waals surface area contributed by atoms with Crippen LogP contribution in [-0.4, -0.2) is 26.5 Å². The van der Waals surface area contributed by atoms with Gasteiger partial charge in [-0.1, -0.05) is 12.1 Å². The Morgan fingerprint density at radius 2 is 2.00 bits per heavy atom. The van der Waals surface area contributed by atoms with Crippen LogP contribution in [0.25, 0.3) is 5.69 Å². The molecule has 4 rings (SSSR count). The predicted molar refractivity (Wildman–Crippen MR) is 107 cm³/mol. The van der Waals surface area contributed by atoms with Crippen LogP contribution >= 0.6 is 0 Å². The van der Waals surface area contributed by atoms with Crippen LogP contribution in [0.1, 0.15) is 36.0 Å². The maximum atomic E-state index is 12.8. The number of imidazole rings is 1. The van der Waals surface area contributed by atoms with Crippen molar-refractivity contribution in [3.63, 3.8) is 0 Å². The highest BCUT2D eigenvalue weighted by Crippen LogP contribution is 2.30. The first-order valence-electron chi connectivity index (χ1n) is 9.45. The topological polar surface area (TPSA) is 99.3 Å². The minimum atomic E-state index is -0.511. The number of hydrogen-bond donors (Lipinski definition) is 1. The van der Waals surface area contributed by atoms with E-state index in [2.05, 4.69) is 10.3 Å². The van der Waals surface area contributed by atoms with Gasteiger partial charge in [-0.05, 0) is 49.9 Å². The number of aromatic nitrogens is 2. The van der Waals surface area contributed by atoms with Gasteiger partial charge in [-0.2, -0.15) is 0 Å². The molecule has 0 atom stereocenters. The standard InChI is InChI=1S/C21H20N4O4/c26-21(23-17-7-3-4-8-20(17)29-16-5-1-2-6-16)15-9-10-18(19(13-15)25(27)28)24-12-11-22-14-24/h3-4,7-14,16H,1-2,5-6H2,(H,23,26). The molecule has 0 bridgehead atoms. The Balaban J connectivity index is 1.58. The van der Waals surface area contributed by atoms with Gasteiger partial charge in [0.25, 0.3) is 11.6 Å². The van der Waals surface area contributed by atoms with E-state index in [1.165, 1.54) is 29.2 Å². The van der Waals surface area contributed by atoms with Gasteiger partial charge in [-0.3, -0.25) is 14.9 Å². The third kappa shape index (κ3) is 4.11. The average Bonchev–Trinajstić information content (AvgIpc) is 3.43. The second-order valence-electron chi connectivity index (χ2n) is 6.91. The first-order valence-corrected chi connectivity index (χ1v) is 9.45. The van der Waals surface area contributed by atoms with Crippen molar-refractivity contribution < 1.29 is 14.5 Å². The number of nitrogens with zero attached hydrogens (tertiary/aromatic N) is 3. The van der Waals surface area contributed by atoms with Crippen molar-refractivity contribution in [3.8, 4) is 11.4 Å². The van der Waals surface area contributed by atoms with Gasteiger partial charge in [0.2, 0.25) is 0 Å². The number of nitro benzene ring substituents is 1. The van der Waals surface area contributed by atoms with Crippen molar-refractivity contribution >= 4 is 17.3 Å². The summed E-state index contributed by atoms with van der Waals surface area (Å²) in [5.74, 6) is 0.171. The fraction of sp³-hybridized carbons (Fsp3) is 0.238. The molecule has 2 aromatic carbocycles. The van der Waals surface area contributed by atoms with Crippen LogP contribution in [-0.2, 0) is 0 Å². The number of rotatable bonds is 6. The lowest BCUT2D eigenvalue weighted by Gasteiger charge is -2.17. The van der Waals surface area contributed by atoms with Crippen LogP contribution in [0.15, 0.2) is 61.2 Å². The van der Waals surface area contributed by atoms with Crippen LogP contribution in [0.2, 0.25) is 0 Å². The van der Waals surface area contributed by atoms with Crippen LogP contribution in [0.4, 0.5) is 11.4 Å². The van der Waals surface area contributed by atoms with Crippen molar-refractivity contribution in [2.45, 2.75) is 31.8 Å². The van der Waals surface area contributed by atoms with Gasteiger partial charge in [0.05, 0.1) is 23.0 Å². The van der Waals surface area contributed by atoms with Crippen molar-refractivity contribution in [1.29, 1.82) is 0 Å². The first-order chi connectivity index (χ1) is 14.1. The van der Waals surface area contributed by atoms with Crippen LogP contribution in [0.3, 0.4) is 0 Å². The van der Waals surface area contributed by atoms with E-state index in [9.17, 15) is 14.9 Å². The highest BCUT2D eigenvalue weighted by Gasteiger charge is 2.21. The molecular weight excluding hydrogens is 372 g/mol. The zero-order valence-electron chi connectivity index (χ0n) is 15.7. The monoisotopic (exact) mass is 392 g/mol. The molecule has 1 fully saturated rings. The number of carbonyl (C=O) groups excluding carboxylic acids is 1. The summed E-state index contributed by atoms with van der Waals surface area (Å²) in [5.41, 5.74) is 0.905. The highest BCUT2D eigenvalue weighted by molar-refractivity contribution is 6.05. The van der Waals surface area contributed by atoms with E-state index in [0.29, 0.717) is 17.1 Å². The lowest BCUT2D eigenvalue weighted by Crippen LogP contribution is -2.16. The Kier molecular flexibility index (Phi) is 5.24. The predicted octanol–water partition coefficient (Wildman–Crippen LogP) is 4.35. The third-order valence-corrected chi connectivity index (χ3v) is 4.95. The highest BCUT2D eigenvalue weighted by atomic mass is 16.6. The number of amides is 1. The number of nitrogens with one attached hydrogen (secondary N) is 1. The smallest absolute Gasteiger partial charge is 0.294 e. The molecule has 1 aromatic heterocycles. The SMILES string of the molecule is O=C(Nc1ccccc1OC1CCCC1)c1ccc(-n2ccnc2)c([N+](=O)[O-])c1. The molecular formula is C21H20N4O4. The van der Waals surface area contributed by atoms with E-state index in [-0.39, 0.29) is 17.4 Å². The summed E-state index contributed by atoms with van der Waals surface area (Å²) in [6, 6.07) is 11.6. The van der Waals surface area contributed by atoms with E-state index < -0.39 is 10.8 Å². The van der Waals surface area contributed by atoms with Crippen molar-refractivity contribution in [2.75, 3.05) is 5.32 Å². The molecule has 0 saturated heterocycles. The Hall–Kier alpha value is -3.68. The summed E-state index contributed by atoms with van der Waals surface area (Å²) in [5, 5.41) is 14.3.